The highest BCUT2D eigenvalue weighted by molar-refractivity contribution is 7.81. The highest BCUT2D eigenvalue weighted by Crippen LogP contribution is 2.20. The third-order valence-corrected chi connectivity index (χ3v) is 3.81. The van der Waals surface area contributed by atoms with Crippen molar-refractivity contribution in [3.8, 4) is 5.75 Å². The maximum atomic E-state index is 12.1. The van der Waals surface area contributed by atoms with Crippen molar-refractivity contribution in [2.75, 3.05) is 14.2 Å². The molecule has 0 saturated carbocycles. The molecular formula is C13H12F2N2O4S. The molecule has 0 amide bonds. The SMILES string of the molecule is COC(=O)C1=CC(c2ccc(OC(F)F)cc2)=NS(=O)N1C. The Morgan fingerprint density at radius 3 is 2.50 bits per heavy atom. The Balaban J connectivity index is 2.31. The Hall–Kier alpha value is -2.29. The van der Waals surface area contributed by atoms with Crippen LogP contribution in [-0.4, -0.2) is 41.0 Å². The highest BCUT2D eigenvalue weighted by atomic mass is 32.2. The number of carbonyl (C=O) groups is 1. The maximum Gasteiger partial charge on any atom is 0.387 e. The van der Waals surface area contributed by atoms with Crippen LogP contribution in [0.25, 0.3) is 0 Å². The predicted octanol–water partition coefficient (Wildman–Crippen LogP) is 1.66. The fourth-order valence-corrected chi connectivity index (χ4v) is 2.46. The lowest BCUT2D eigenvalue weighted by Crippen LogP contribution is -2.30. The first-order chi connectivity index (χ1) is 10.4. The van der Waals surface area contributed by atoms with E-state index in [9.17, 15) is 17.8 Å². The van der Waals surface area contributed by atoms with Crippen LogP contribution in [0.4, 0.5) is 8.78 Å². The van der Waals surface area contributed by atoms with E-state index in [1.165, 1.54) is 48.8 Å². The summed E-state index contributed by atoms with van der Waals surface area (Å²) < 4.78 is 50.0. The van der Waals surface area contributed by atoms with Crippen molar-refractivity contribution in [2.24, 2.45) is 4.40 Å². The number of rotatable bonds is 4. The Labute approximate surface area is 127 Å². The number of ether oxygens (including phenoxy) is 2. The first-order valence-electron chi connectivity index (χ1n) is 6.02. The van der Waals surface area contributed by atoms with Gasteiger partial charge in [0.25, 0.3) is 0 Å². The number of allylic oxidation sites excluding steroid dienone is 1. The maximum absolute atomic E-state index is 12.1. The van der Waals surface area contributed by atoms with Gasteiger partial charge in [-0.2, -0.15) is 13.2 Å². The molecule has 118 valence electrons. The molecule has 1 heterocycles. The van der Waals surface area contributed by atoms with Gasteiger partial charge in [0, 0.05) is 12.6 Å². The zero-order chi connectivity index (χ0) is 16.3. The molecule has 0 radical (unpaired) electrons. The average Bonchev–Trinajstić information content (AvgIpc) is 2.49. The van der Waals surface area contributed by atoms with E-state index in [1.54, 1.807) is 0 Å². The number of nitrogens with zero attached hydrogens (tertiary/aromatic N) is 2. The zero-order valence-electron chi connectivity index (χ0n) is 11.7. The molecule has 0 N–H and O–H groups in total. The van der Waals surface area contributed by atoms with E-state index in [4.69, 9.17) is 0 Å². The highest BCUT2D eigenvalue weighted by Gasteiger charge is 2.25. The van der Waals surface area contributed by atoms with Gasteiger partial charge in [0.15, 0.2) is 0 Å². The monoisotopic (exact) mass is 330 g/mol. The lowest BCUT2D eigenvalue weighted by Gasteiger charge is -2.21. The summed E-state index contributed by atoms with van der Waals surface area (Å²) in [5.74, 6) is -0.661. The van der Waals surface area contributed by atoms with Gasteiger partial charge in [-0.3, -0.25) is 4.31 Å². The molecule has 9 heteroatoms. The summed E-state index contributed by atoms with van der Waals surface area (Å²) in [7, 11) is 2.65. The molecule has 22 heavy (non-hydrogen) atoms. The molecule has 1 atom stereocenters. The fourth-order valence-electron chi connectivity index (χ4n) is 1.71. The van der Waals surface area contributed by atoms with Crippen molar-refractivity contribution in [3.05, 3.63) is 41.6 Å². The van der Waals surface area contributed by atoms with E-state index in [1.807, 2.05) is 0 Å². The largest absolute Gasteiger partial charge is 0.464 e. The van der Waals surface area contributed by atoms with Gasteiger partial charge in [-0.15, -0.1) is 0 Å². The molecule has 2 rings (SSSR count). The minimum absolute atomic E-state index is 0.00873. The van der Waals surface area contributed by atoms with Crippen LogP contribution in [0.15, 0.2) is 40.4 Å². The second-order valence-electron chi connectivity index (χ2n) is 4.13. The standard InChI is InChI=1S/C13H12F2N2O4S/c1-17-11(12(18)20-2)7-10(16-22(17)19)8-3-5-9(6-4-8)21-13(14)15/h3-7,13H,1-2H3. The minimum Gasteiger partial charge on any atom is -0.464 e. The second kappa shape index (κ2) is 6.65. The lowest BCUT2D eigenvalue weighted by molar-refractivity contribution is -0.137. The molecule has 6 nitrogen and oxygen atoms in total. The lowest BCUT2D eigenvalue weighted by atomic mass is 10.1. The van der Waals surface area contributed by atoms with Gasteiger partial charge in [-0.05, 0) is 30.3 Å². The van der Waals surface area contributed by atoms with Gasteiger partial charge >= 0.3 is 12.6 Å². The summed E-state index contributed by atoms with van der Waals surface area (Å²) >= 11 is -1.78. The quantitative estimate of drug-likeness (QED) is 0.788. The molecule has 0 spiro atoms. The van der Waals surface area contributed by atoms with Gasteiger partial charge in [-0.1, -0.05) is 0 Å². The summed E-state index contributed by atoms with van der Waals surface area (Å²) in [6, 6.07) is 5.61. The van der Waals surface area contributed by atoms with E-state index < -0.39 is 23.8 Å². The van der Waals surface area contributed by atoms with Crippen molar-refractivity contribution >= 4 is 22.9 Å². The van der Waals surface area contributed by atoms with Crippen LogP contribution in [0.2, 0.25) is 0 Å². The van der Waals surface area contributed by atoms with Crippen LogP contribution in [-0.2, 0) is 20.7 Å². The first kappa shape index (κ1) is 16.1. The molecule has 0 aromatic heterocycles. The number of esters is 1. The summed E-state index contributed by atoms with van der Waals surface area (Å²) in [4.78, 5) is 11.7. The number of methoxy groups -OCH3 is 1. The number of likely N-dealkylation sites (N-methyl/N-ethyl adjacent to an activating group) is 1. The normalized spacial score (nSPS) is 17.9. The van der Waals surface area contributed by atoms with Gasteiger partial charge in [0.2, 0.25) is 11.2 Å². The molecule has 0 fully saturated rings. The van der Waals surface area contributed by atoms with Crippen molar-refractivity contribution in [3.63, 3.8) is 0 Å². The van der Waals surface area contributed by atoms with Gasteiger partial charge in [0.05, 0.1) is 12.8 Å². The average molecular weight is 330 g/mol. The number of benzene rings is 1. The van der Waals surface area contributed by atoms with E-state index in [-0.39, 0.29) is 17.2 Å². The molecule has 1 aromatic carbocycles. The Morgan fingerprint density at radius 2 is 1.95 bits per heavy atom. The third kappa shape index (κ3) is 3.48. The summed E-state index contributed by atoms with van der Waals surface area (Å²) in [6.45, 7) is -2.91. The smallest absolute Gasteiger partial charge is 0.387 e. The molecule has 0 aliphatic carbocycles. The summed E-state index contributed by atoms with van der Waals surface area (Å²) in [5.41, 5.74) is 0.864. The minimum atomic E-state index is -2.91. The Bertz CT molecular complexity index is 659. The summed E-state index contributed by atoms with van der Waals surface area (Å²) in [6.07, 6.45) is 1.41. The van der Waals surface area contributed by atoms with Gasteiger partial charge < -0.3 is 9.47 Å². The molecule has 0 bridgehead atoms. The molecule has 1 aromatic rings. The van der Waals surface area contributed by atoms with E-state index in [0.717, 1.165) is 0 Å². The number of alkyl halides is 2. The predicted molar refractivity (Wildman–Crippen MR) is 75.6 cm³/mol. The van der Waals surface area contributed by atoms with Crippen LogP contribution in [0.3, 0.4) is 0 Å². The van der Waals surface area contributed by atoms with Crippen LogP contribution >= 0.6 is 0 Å². The molecule has 1 unspecified atom stereocenters. The van der Waals surface area contributed by atoms with Crippen molar-refractivity contribution < 1.29 is 27.3 Å². The zero-order valence-corrected chi connectivity index (χ0v) is 12.5. The number of hydrogen-bond donors (Lipinski definition) is 0. The van der Waals surface area contributed by atoms with Crippen LogP contribution in [0.5, 0.6) is 5.75 Å². The van der Waals surface area contributed by atoms with Crippen molar-refractivity contribution in [1.29, 1.82) is 0 Å². The third-order valence-electron chi connectivity index (χ3n) is 2.79. The first-order valence-corrected chi connectivity index (χ1v) is 7.08. The molecule has 1 aliphatic rings. The van der Waals surface area contributed by atoms with E-state index in [2.05, 4.69) is 13.9 Å². The molecular weight excluding hydrogens is 318 g/mol. The fraction of sp³-hybridized carbons (Fsp3) is 0.231. The number of hydrogen-bond acceptors (Lipinski definition) is 4. The van der Waals surface area contributed by atoms with Crippen molar-refractivity contribution in [2.45, 2.75) is 6.61 Å². The van der Waals surface area contributed by atoms with Gasteiger partial charge in [-0.25, -0.2) is 9.00 Å². The molecule has 1 aliphatic heterocycles. The summed E-state index contributed by atoms with van der Waals surface area (Å²) in [5, 5.41) is 0. The Morgan fingerprint density at radius 1 is 1.32 bits per heavy atom. The van der Waals surface area contributed by atoms with E-state index in [0.29, 0.717) is 5.56 Å². The van der Waals surface area contributed by atoms with E-state index >= 15 is 0 Å². The number of carbonyl (C=O) groups excluding carboxylic acids is 1. The van der Waals surface area contributed by atoms with Crippen LogP contribution < -0.4 is 4.74 Å². The van der Waals surface area contributed by atoms with Crippen LogP contribution in [0, 0.1) is 0 Å². The topological polar surface area (TPSA) is 68.2 Å². The number of halogens is 2. The second-order valence-corrected chi connectivity index (χ2v) is 5.32. The van der Waals surface area contributed by atoms with Crippen molar-refractivity contribution in [1.82, 2.24) is 4.31 Å². The molecule has 0 saturated heterocycles. The van der Waals surface area contributed by atoms with Gasteiger partial charge in [0.1, 0.15) is 11.4 Å². The van der Waals surface area contributed by atoms with Crippen LogP contribution in [0.1, 0.15) is 5.56 Å². The Kier molecular flexibility index (Phi) is 4.86.